The van der Waals surface area contributed by atoms with Crippen LogP contribution >= 0.6 is 0 Å². The first-order valence-electron chi connectivity index (χ1n) is 3.34. The van der Waals surface area contributed by atoms with Gasteiger partial charge in [0.15, 0.2) is 5.82 Å². The fourth-order valence-electron chi connectivity index (χ4n) is 0.723. The standard InChI is InChI=1S/C7H9N2O3/c1-11-6-3-7(12-2)9-5(4-10)8-6/h3H,4H2,1-2H3. The summed E-state index contributed by atoms with van der Waals surface area (Å²) in [5, 5.41) is 10.4. The lowest BCUT2D eigenvalue weighted by molar-refractivity contribution is 0.167. The van der Waals surface area contributed by atoms with E-state index in [1.807, 2.05) is 0 Å². The first kappa shape index (κ1) is 8.73. The molecule has 0 aliphatic carbocycles. The van der Waals surface area contributed by atoms with Gasteiger partial charge in [-0.2, -0.15) is 9.97 Å². The molecule has 1 aromatic heterocycles. The van der Waals surface area contributed by atoms with Gasteiger partial charge in [-0.05, 0) is 0 Å². The quantitative estimate of drug-likeness (QED) is 0.657. The van der Waals surface area contributed by atoms with Crippen molar-refractivity contribution >= 4 is 0 Å². The molecule has 0 fully saturated rings. The average molecular weight is 169 g/mol. The van der Waals surface area contributed by atoms with Crippen LogP contribution in [0.1, 0.15) is 5.82 Å². The monoisotopic (exact) mass is 169 g/mol. The highest BCUT2D eigenvalue weighted by molar-refractivity contribution is 5.20. The maximum atomic E-state index is 10.4. The highest BCUT2D eigenvalue weighted by Gasteiger charge is 2.03. The van der Waals surface area contributed by atoms with Gasteiger partial charge in [0, 0.05) is 0 Å². The molecule has 0 aromatic carbocycles. The molecule has 1 aromatic rings. The minimum Gasteiger partial charge on any atom is -0.481 e. The summed E-state index contributed by atoms with van der Waals surface area (Å²) in [4.78, 5) is 7.58. The smallest absolute Gasteiger partial charge is 0.220 e. The van der Waals surface area contributed by atoms with Crippen molar-refractivity contribution in [2.75, 3.05) is 14.2 Å². The third kappa shape index (κ3) is 1.82. The lowest BCUT2D eigenvalue weighted by atomic mass is 10.5. The second-order valence-electron chi connectivity index (χ2n) is 2.01. The van der Waals surface area contributed by atoms with Crippen LogP contribution in [0.5, 0.6) is 11.8 Å². The van der Waals surface area contributed by atoms with Crippen LogP contribution in [0, 0.1) is 0 Å². The average Bonchev–Trinajstić information content (AvgIpc) is 2.16. The van der Waals surface area contributed by atoms with Gasteiger partial charge in [-0.3, -0.25) is 0 Å². The number of aromatic nitrogens is 2. The predicted molar refractivity (Wildman–Crippen MR) is 39.5 cm³/mol. The summed E-state index contributed by atoms with van der Waals surface area (Å²) in [6.45, 7) is -0.479. The summed E-state index contributed by atoms with van der Waals surface area (Å²) in [6.07, 6.45) is 0. The molecule has 0 spiro atoms. The van der Waals surface area contributed by atoms with Gasteiger partial charge in [0.05, 0.1) is 20.3 Å². The zero-order valence-electron chi connectivity index (χ0n) is 6.90. The van der Waals surface area contributed by atoms with Crippen molar-refractivity contribution in [1.82, 2.24) is 9.97 Å². The zero-order valence-corrected chi connectivity index (χ0v) is 6.90. The van der Waals surface area contributed by atoms with Crippen molar-refractivity contribution in [2.24, 2.45) is 0 Å². The number of ether oxygens (including phenoxy) is 2. The largest absolute Gasteiger partial charge is 0.481 e. The van der Waals surface area contributed by atoms with Crippen molar-refractivity contribution in [3.63, 3.8) is 0 Å². The molecule has 0 atom stereocenters. The van der Waals surface area contributed by atoms with Crippen molar-refractivity contribution in [3.8, 4) is 11.8 Å². The predicted octanol–water partition coefficient (Wildman–Crippen LogP) is 0.424. The first-order valence-corrected chi connectivity index (χ1v) is 3.34. The van der Waals surface area contributed by atoms with Gasteiger partial charge in [0.1, 0.15) is 6.61 Å². The van der Waals surface area contributed by atoms with Crippen LogP contribution in [0.2, 0.25) is 0 Å². The molecule has 0 unspecified atom stereocenters. The molecule has 0 bridgehead atoms. The second kappa shape index (κ2) is 3.87. The number of hydrogen-bond acceptors (Lipinski definition) is 4. The Morgan fingerprint density at radius 3 is 2.08 bits per heavy atom. The molecule has 5 nitrogen and oxygen atoms in total. The van der Waals surface area contributed by atoms with E-state index in [0.29, 0.717) is 11.8 Å². The van der Waals surface area contributed by atoms with E-state index in [0.717, 1.165) is 0 Å². The molecule has 0 saturated carbocycles. The van der Waals surface area contributed by atoms with Gasteiger partial charge in [-0.25, -0.2) is 5.11 Å². The van der Waals surface area contributed by atoms with Crippen molar-refractivity contribution < 1.29 is 14.6 Å². The fraction of sp³-hybridized carbons (Fsp3) is 0.429. The maximum Gasteiger partial charge on any atom is 0.220 e. The Balaban J connectivity index is 3.01. The Kier molecular flexibility index (Phi) is 2.82. The molecule has 0 aliphatic heterocycles. The summed E-state index contributed by atoms with van der Waals surface area (Å²) in [6, 6.07) is 1.51. The Bertz CT molecular complexity index is 210. The topological polar surface area (TPSA) is 64.1 Å². The number of hydrogen-bond donors (Lipinski definition) is 0. The molecule has 0 N–H and O–H groups in total. The zero-order chi connectivity index (χ0) is 8.97. The van der Waals surface area contributed by atoms with Crippen molar-refractivity contribution in [3.05, 3.63) is 11.9 Å². The Hall–Kier alpha value is -1.36. The molecule has 0 aliphatic rings. The Morgan fingerprint density at radius 2 is 1.75 bits per heavy atom. The summed E-state index contributed by atoms with van der Waals surface area (Å²) in [7, 11) is 2.94. The molecule has 0 saturated heterocycles. The van der Waals surface area contributed by atoms with E-state index in [1.165, 1.54) is 20.3 Å². The molecule has 5 heteroatoms. The molecule has 65 valence electrons. The van der Waals surface area contributed by atoms with E-state index in [4.69, 9.17) is 9.47 Å². The van der Waals surface area contributed by atoms with E-state index in [2.05, 4.69) is 9.97 Å². The molecular formula is C7H9N2O3. The lowest BCUT2D eigenvalue weighted by Gasteiger charge is -2.03. The first-order chi connectivity index (χ1) is 5.80. The fourth-order valence-corrected chi connectivity index (χ4v) is 0.723. The van der Waals surface area contributed by atoms with Gasteiger partial charge in [-0.1, -0.05) is 0 Å². The SMILES string of the molecule is COc1cc(OC)nc(C[O])n1. The van der Waals surface area contributed by atoms with Crippen LogP contribution in [-0.4, -0.2) is 24.2 Å². The van der Waals surface area contributed by atoms with Gasteiger partial charge in [-0.15, -0.1) is 0 Å². The molecule has 0 amide bonds. The third-order valence-corrected chi connectivity index (χ3v) is 1.27. The van der Waals surface area contributed by atoms with Crippen LogP contribution in [-0.2, 0) is 11.7 Å². The van der Waals surface area contributed by atoms with Crippen molar-refractivity contribution in [2.45, 2.75) is 6.61 Å². The van der Waals surface area contributed by atoms with E-state index in [9.17, 15) is 5.11 Å². The lowest BCUT2D eigenvalue weighted by Crippen LogP contribution is -1.99. The Labute approximate surface area is 70.0 Å². The number of methoxy groups -OCH3 is 2. The van der Waals surface area contributed by atoms with Gasteiger partial charge < -0.3 is 9.47 Å². The normalized spacial score (nSPS) is 9.58. The molecule has 1 rings (SSSR count). The summed E-state index contributed by atoms with van der Waals surface area (Å²) < 4.78 is 9.66. The third-order valence-electron chi connectivity index (χ3n) is 1.27. The second-order valence-corrected chi connectivity index (χ2v) is 2.01. The molecule has 1 radical (unpaired) electrons. The maximum absolute atomic E-state index is 10.4. The summed E-state index contributed by atoms with van der Waals surface area (Å²) in [5.74, 6) is 0.853. The van der Waals surface area contributed by atoms with Gasteiger partial charge in [0.2, 0.25) is 11.8 Å². The van der Waals surface area contributed by atoms with Crippen LogP contribution in [0.25, 0.3) is 0 Å². The van der Waals surface area contributed by atoms with Gasteiger partial charge in [0.25, 0.3) is 0 Å². The van der Waals surface area contributed by atoms with Crippen molar-refractivity contribution in [1.29, 1.82) is 0 Å². The van der Waals surface area contributed by atoms with Crippen LogP contribution in [0.15, 0.2) is 6.07 Å². The van der Waals surface area contributed by atoms with E-state index in [-0.39, 0.29) is 5.82 Å². The number of rotatable bonds is 3. The number of nitrogens with zero attached hydrogens (tertiary/aromatic N) is 2. The molecule has 1 heterocycles. The Morgan fingerprint density at radius 1 is 1.25 bits per heavy atom. The van der Waals surface area contributed by atoms with Gasteiger partial charge >= 0.3 is 0 Å². The van der Waals surface area contributed by atoms with Crippen LogP contribution in [0.4, 0.5) is 0 Å². The van der Waals surface area contributed by atoms with E-state index in [1.54, 1.807) is 0 Å². The highest BCUT2D eigenvalue weighted by Crippen LogP contribution is 2.14. The minimum absolute atomic E-state index is 0.172. The summed E-state index contributed by atoms with van der Waals surface area (Å²) in [5.41, 5.74) is 0. The van der Waals surface area contributed by atoms with Crippen LogP contribution < -0.4 is 9.47 Å². The highest BCUT2D eigenvalue weighted by atomic mass is 16.5. The molecule has 12 heavy (non-hydrogen) atoms. The van der Waals surface area contributed by atoms with E-state index >= 15 is 0 Å². The van der Waals surface area contributed by atoms with E-state index < -0.39 is 6.61 Å². The minimum atomic E-state index is -0.479. The summed E-state index contributed by atoms with van der Waals surface area (Å²) >= 11 is 0. The molecular weight excluding hydrogens is 160 g/mol. The van der Waals surface area contributed by atoms with Crippen LogP contribution in [0.3, 0.4) is 0 Å².